The highest BCUT2D eigenvalue weighted by atomic mass is 16.5. The molecule has 1 aromatic rings. The monoisotopic (exact) mass is 262 g/mol. The van der Waals surface area contributed by atoms with E-state index < -0.39 is 0 Å². The molecule has 1 aliphatic rings. The molecule has 1 fully saturated rings. The predicted octanol–water partition coefficient (Wildman–Crippen LogP) is 2.30. The lowest BCUT2D eigenvalue weighted by Gasteiger charge is -2.11. The van der Waals surface area contributed by atoms with Crippen LogP contribution in [0.5, 0.6) is 0 Å². The first-order chi connectivity index (χ1) is 9.29. The summed E-state index contributed by atoms with van der Waals surface area (Å²) in [5.41, 5.74) is 2.06. The molecule has 0 bridgehead atoms. The summed E-state index contributed by atoms with van der Waals surface area (Å²) < 4.78 is 5.35. The Hall–Kier alpha value is -1.39. The van der Waals surface area contributed by atoms with Crippen molar-refractivity contribution in [3.63, 3.8) is 0 Å². The average molecular weight is 262 g/mol. The summed E-state index contributed by atoms with van der Waals surface area (Å²) in [5.74, 6) is -0.0330. The Morgan fingerprint density at radius 3 is 2.79 bits per heavy atom. The number of anilines is 1. The summed E-state index contributed by atoms with van der Waals surface area (Å²) in [5, 5.41) is 6.24. The fourth-order valence-electron chi connectivity index (χ4n) is 2.12. The smallest absolute Gasteiger partial charge is 0.253 e. The topological polar surface area (TPSA) is 50.4 Å². The molecular weight excluding hydrogens is 240 g/mol. The van der Waals surface area contributed by atoms with E-state index in [1.165, 1.54) is 5.56 Å². The van der Waals surface area contributed by atoms with Gasteiger partial charge in [-0.05, 0) is 43.5 Å². The largest absolute Gasteiger partial charge is 0.368 e. The zero-order valence-electron chi connectivity index (χ0n) is 11.4. The van der Waals surface area contributed by atoms with Crippen LogP contribution in [0.15, 0.2) is 24.3 Å². The maximum absolute atomic E-state index is 11.9. The molecule has 1 atom stereocenters. The Labute approximate surface area is 114 Å². The van der Waals surface area contributed by atoms with Gasteiger partial charge in [-0.3, -0.25) is 4.79 Å². The molecule has 1 aromatic carbocycles. The molecule has 1 heterocycles. The van der Waals surface area contributed by atoms with Crippen molar-refractivity contribution in [2.24, 2.45) is 0 Å². The van der Waals surface area contributed by atoms with Crippen molar-refractivity contribution in [3.05, 3.63) is 29.8 Å². The Bertz CT molecular complexity index is 397. The number of hydrogen-bond acceptors (Lipinski definition) is 3. The number of carbonyl (C=O) groups excluding carboxylic acids is 1. The van der Waals surface area contributed by atoms with Crippen molar-refractivity contribution in [1.29, 1.82) is 0 Å². The quantitative estimate of drug-likeness (QED) is 0.773. The summed E-state index contributed by atoms with van der Waals surface area (Å²) >= 11 is 0. The second-order valence-corrected chi connectivity index (χ2v) is 4.86. The molecule has 104 valence electrons. The molecule has 4 heteroatoms. The Kier molecular flexibility index (Phi) is 5.36. The summed E-state index contributed by atoms with van der Waals surface area (Å²) in [6.07, 6.45) is 2.66. The molecule has 1 amide bonds. The highest BCUT2D eigenvalue weighted by Gasteiger charge is 2.23. The van der Waals surface area contributed by atoms with Crippen LogP contribution in [-0.2, 0) is 16.1 Å². The van der Waals surface area contributed by atoms with Crippen molar-refractivity contribution in [1.82, 2.24) is 5.32 Å². The highest BCUT2D eigenvalue weighted by molar-refractivity contribution is 5.94. The molecular formula is C15H22N2O2. The summed E-state index contributed by atoms with van der Waals surface area (Å²) in [6, 6.07) is 7.95. The first-order valence-corrected chi connectivity index (χ1v) is 7.01. The van der Waals surface area contributed by atoms with Crippen LogP contribution < -0.4 is 10.6 Å². The van der Waals surface area contributed by atoms with E-state index in [9.17, 15) is 4.79 Å². The van der Waals surface area contributed by atoms with Gasteiger partial charge in [0.1, 0.15) is 6.10 Å². The van der Waals surface area contributed by atoms with Gasteiger partial charge in [0.25, 0.3) is 5.91 Å². The molecule has 4 nitrogen and oxygen atoms in total. The molecule has 1 aliphatic heterocycles. The molecule has 0 radical (unpaired) electrons. The first kappa shape index (κ1) is 14.0. The number of carbonyl (C=O) groups is 1. The molecule has 0 aliphatic carbocycles. The van der Waals surface area contributed by atoms with Gasteiger partial charge in [-0.2, -0.15) is 0 Å². The summed E-state index contributed by atoms with van der Waals surface area (Å²) in [4.78, 5) is 11.9. The van der Waals surface area contributed by atoms with Crippen molar-refractivity contribution in [3.8, 4) is 0 Å². The zero-order valence-corrected chi connectivity index (χ0v) is 11.4. The van der Waals surface area contributed by atoms with E-state index in [1.807, 2.05) is 24.3 Å². The minimum absolute atomic E-state index is 0.0330. The van der Waals surface area contributed by atoms with Gasteiger partial charge >= 0.3 is 0 Å². The van der Waals surface area contributed by atoms with Crippen LogP contribution in [0.4, 0.5) is 5.69 Å². The molecule has 2 N–H and O–H groups in total. The number of amides is 1. The van der Waals surface area contributed by atoms with Crippen LogP contribution in [0.2, 0.25) is 0 Å². The van der Waals surface area contributed by atoms with Crippen LogP contribution in [0.25, 0.3) is 0 Å². The number of nitrogens with one attached hydrogen (secondary N) is 2. The number of rotatable bonds is 6. The van der Waals surface area contributed by atoms with E-state index in [2.05, 4.69) is 17.6 Å². The second kappa shape index (κ2) is 7.26. The van der Waals surface area contributed by atoms with Gasteiger partial charge in [-0.15, -0.1) is 0 Å². The van der Waals surface area contributed by atoms with E-state index >= 15 is 0 Å². The molecule has 2 rings (SSSR count). The van der Waals surface area contributed by atoms with Crippen molar-refractivity contribution >= 4 is 11.6 Å². The lowest BCUT2D eigenvalue weighted by Crippen LogP contribution is -2.26. The fourth-order valence-corrected chi connectivity index (χ4v) is 2.12. The summed E-state index contributed by atoms with van der Waals surface area (Å²) in [6.45, 7) is 4.74. The molecule has 19 heavy (non-hydrogen) atoms. The van der Waals surface area contributed by atoms with E-state index in [0.29, 0.717) is 6.61 Å². The van der Waals surface area contributed by atoms with E-state index in [-0.39, 0.29) is 12.0 Å². The lowest BCUT2D eigenvalue weighted by molar-refractivity contribution is -0.124. The van der Waals surface area contributed by atoms with Gasteiger partial charge in [0, 0.05) is 18.8 Å². The van der Waals surface area contributed by atoms with E-state index in [1.54, 1.807) is 0 Å². The van der Waals surface area contributed by atoms with Gasteiger partial charge in [-0.25, -0.2) is 0 Å². The van der Waals surface area contributed by atoms with Crippen LogP contribution in [0, 0.1) is 0 Å². The maximum Gasteiger partial charge on any atom is 0.253 e. The van der Waals surface area contributed by atoms with Crippen LogP contribution in [-0.4, -0.2) is 25.2 Å². The van der Waals surface area contributed by atoms with Gasteiger partial charge < -0.3 is 15.4 Å². The standard InChI is InChI=1S/C15H22N2O2/c1-2-9-16-11-12-5-7-13(8-6-12)17-15(18)14-4-3-10-19-14/h5-8,14,16H,2-4,9-11H2,1H3,(H,17,18). The van der Waals surface area contributed by atoms with Crippen molar-refractivity contribution in [2.45, 2.75) is 38.8 Å². The normalized spacial score (nSPS) is 18.5. The van der Waals surface area contributed by atoms with Gasteiger partial charge in [0.15, 0.2) is 0 Å². The van der Waals surface area contributed by atoms with Crippen LogP contribution in [0.3, 0.4) is 0 Å². The third-order valence-electron chi connectivity index (χ3n) is 3.20. The average Bonchev–Trinajstić information content (AvgIpc) is 2.95. The number of ether oxygens (including phenoxy) is 1. The van der Waals surface area contributed by atoms with Gasteiger partial charge in [-0.1, -0.05) is 19.1 Å². The second-order valence-electron chi connectivity index (χ2n) is 4.86. The number of hydrogen-bond donors (Lipinski definition) is 2. The third-order valence-corrected chi connectivity index (χ3v) is 3.20. The molecule has 0 aromatic heterocycles. The van der Waals surface area contributed by atoms with Crippen molar-refractivity contribution in [2.75, 3.05) is 18.5 Å². The van der Waals surface area contributed by atoms with E-state index in [4.69, 9.17) is 4.74 Å². The predicted molar refractivity (Wildman–Crippen MR) is 76.0 cm³/mol. The third kappa shape index (κ3) is 4.33. The SMILES string of the molecule is CCCNCc1ccc(NC(=O)C2CCCO2)cc1. The Morgan fingerprint density at radius 1 is 1.37 bits per heavy atom. The highest BCUT2D eigenvalue weighted by Crippen LogP contribution is 2.15. The maximum atomic E-state index is 11.9. The molecule has 0 spiro atoms. The van der Waals surface area contributed by atoms with Crippen molar-refractivity contribution < 1.29 is 9.53 Å². The minimum Gasteiger partial charge on any atom is -0.368 e. The molecule has 0 saturated carbocycles. The Morgan fingerprint density at radius 2 is 2.16 bits per heavy atom. The lowest BCUT2D eigenvalue weighted by atomic mass is 10.2. The first-order valence-electron chi connectivity index (χ1n) is 7.01. The Balaban J connectivity index is 1.82. The van der Waals surface area contributed by atoms with Crippen LogP contribution >= 0.6 is 0 Å². The number of benzene rings is 1. The van der Waals surface area contributed by atoms with E-state index in [0.717, 1.165) is 38.0 Å². The fraction of sp³-hybridized carbons (Fsp3) is 0.533. The zero-order chi connectivity index (χ0) is 13.5. The van der Waals surface area contributed by atoms with Gasteiger partial charge in [0.2, 0.25) is 0 Å². The molecule has 1 saturated heterocycles. The molecule has 1 unspecified atom stereocenters. The summed E-state index contributed by atoms with van der Waals surface area (Å²) in [7, 11) is 0. The van der Waals surface area contributed by atoms with Crippen LogP contribution in [0.1, 0.15) is 31.7 Å². The minimum atomic E-state index is -0.272. The van der Waals surface area contributed by atoms with Gasteiger partial charge in [0.05, 0.1) is 0 Å².